The molecule has 1 saturated heterocycles. The van der Waals surface area contributed by atoms with Gasteiger partial charge in [0.1, 0.15) is 17.7 Å². The number of ether oxygens (including phenoxy) is 1. The van der Waals surface area contributed by atoms with Crippen LogP contribution in [-0.4, -0.2) is 46.8 Å². The summed E-state index contributed by atoms with van der Waals surface area (Å²) in [5.41, 5.74) is 7.26. The van der Waals surface area contributed by atoms with Crippen molar-refractivity contribution in [1.82, 2.24) is 4.90 Å². The van der Waals surface area contributed by atoms with Crippen LogP contribution in [0.15, 0.2) is 48.5 Å². The lowest BCUT2D eigenvalue weighted by atomic mass is 9.91. The SMILES string of the molecule is CC(=N)N1CC[C@H](Oc2ccc(C(CC(=O)O)Cc3cc4cc(C(=N)N)ccc4s3)cc2)C1. The molecule has 33 heavy (non-hydrogen) atoms. The van der Waals surface area contributed by atoms with Crippen molar-refractivity contribution in [2.75, 3.05) is 13.1 Å². The average molecular weight is 465 g/mol. The third-order valence-electron chi connectivity index (χ3n) is 6.02. The summed E-state index contributed by atoms with van der Waals surface area (Å²) >= 11 is 1.64. The zero-order chi connectivity index (χ0) is 23.5. The maximum Gasteiger partial charge on any atom is 0.303 e. The highest BCUT2D eigenvalue weighted by Gasteiger charge is 2.24. The quantitative estimate of drug-likeness (QED) is 0.290. The molecule has 172 valence electrons. The number of nitrogens with one attached hydrogen (secondary N) is 2. The normalized spacial score (nSPS) is 16.6. The fourth-order valence-corrected chi connectivity index (χ4v) is 5.39. The summed E-state index contributed by atoms with van der Waals surface area (Å²) < 4.78 is 7.18. The predicted molar refractivity (Wildman–Crippen MR) is 132 cm³/mol. The van der Waals surface area contributed by atoms with E-state index in [1.807, 2.05) is 47.4 Å². The van der Waals surface area contributed by atoms with Crippen molar-refractivity contribution < 1.29 is 14.6 Å². The fourth-order valence-electron chi connectivity index (χ4n) is 4.27. The minimum atomic E-state index is -0.826. The second-order valence-corrected chi connectivity index (χ2v) is 9.68. The van der Waals surface area contributed by atoms with E-state index < -0.39 is 5.97 Å². The molecule has 0 bridgehead atoms. The van der Waals surface area contributed by atoms with Crippen molar-refractivity contribution in [2.24, 2.45) is 5.73 Å². The number of benzene rings is 2. The van der Waals surface area contributed by atoms with Crippen LogP contribution in [0.1, 0.15) is 41.7 Å². The summed E-state index contributed by atoms with van der Waals surface area (Å²) in [4.78, 5) is 14.7. The van der Waals surface area contributed by atoms with E-state index in [1.165, 1.54) is 0 Å². The van der Waals surface area contributed by atoms with E-state index in [4.69, 9.17) is 21.3 Å². The molecule has 1 unspecified atom stereocenters. The van der Waals surface area contributed by atoms with Gasteiger partial charge in [0.15, 0.2) is 0 Å². The Kier molecular flexibility index (Phi) is 6.65. The zero-order valence-corrected chi connectivity index (χ0v) is 19.3. The van der Waals surface area contributed by atoms with Gasteiger partial charge in [-0.25, -0.2) is 0 Å². The van der Waals surface area contributed by atoms with E-state index in [1.54, 1.807) is 18.3 Å². The van der Waals surface area contributed by atoms with Crippen LogP contribution in [0.2, 0.25) is 0 Å². The molecule has 2 atom stereocenters. The second kappa shape index (κ2) is 9.62. The van der Waals surface area contributed by atoms with Crippen LogP contribution < -0.4 is 10.5 Å². The van der Waals surface area contributed by atoms with Crippen molar-refractivity contribution in [1.29, 1.82) is 10.8 Å². The molecule has 0 spiro atoms. The van der Waals surface area contributed by atoms with Gasteiger partial charge >= 0.3 is 5.97 Å². The Hall–Kier alpha value is -3.39. The van der Waals surface area contributed by atoms with Crippen LogP contribution in [0.3, 0.4) is 0 Å². The lowest BCUT2D eigenvalue weighted by Gasteiger charge is -2.18. The zero-order valence-electron chi connectivity index (χ0n) is 18.5. The highest BCUT2D eigenvalue weighted by Crippen LogP contribution is 2.33. The van der Waals surface area contributed by atoms with E-state index in [0.29, 0.717) is 17.8 Å². The molecule has 1 aliphatic heterocycles. The van der Waals surface area contributed by atoms with Crippen molar-refractivity contribution >= 4 is 39.1 Å². The van der Waals surface area contributed by atoms with Gasteiger partial charge in [0.2, 0.25) is 0 Å². The number of hydrogen-bond acceptors (Lipinski definition) is 5. The second-order valence-electron chi connectivity index (χ2n) is 8.51. The molecule has 8 heteroatoms. The number of hydrogen-bond donors (Lipinski definition) is 4. The van der Waals surface area contributed by atoms with Crippen LogP contribution >= 0.6 is 11.3 Å². The Morgan fingerprint density at radius 1 is 1.24 bits per heavy atom. The van der Waals surface area contributed by atoms with E-state index in [2.05, 4.69) is 6.07 Å². The van der Waals surface area contributed by atoms with E-state index >= 15 is 0 Å². The maximum atomic E-state index is 11.6. The summed E-state index contributed by atoms with van der Waals surface area (Å²) in [5.74, 6) is 0.384. The van der Waals surface area contributed by atoms with E-state index in [0.717, 1.165) is 45.8 Å². The summed E-state index contributed by atoms with van der Waals surface area (Å²) in [6.07, 6.45) is 1.61. The number of nitrogen functional groups attached to an aromatic ring is 1. The molecule has 2 aromatic carbocycles. The Labute approximate surface area is 196 Å². The van der Waals surface area contributed by atoms with Crippen LogP contribution in [0.4, 0.5) is 0 Å². The highest BCUT2D eigenvalue weighted by molar-refractivity contribution is 7.19. The highest BCUT2D eigenvalue weighted by atomic mass is 32.1. The first-order valence-electron chi connectivity index (χ1n) is 10.9. The summed E-state index contributed by atoms with van der Waals surface area (Å²) in [5, 5.41) is 25.9. The fraction of sp³-hybridized carbons (Fsp3) is 0.320. The number of nitrogens with zero attached hydrogens (tertiary/aromatic N) is 1. The number of carboxylic acid groups (broad SMARTS) is 1. The third-order valence-corrected chi connectivity index (χ3v) is 7.16. The van der Waals surface area contributed by atoms with E-state index in [-0.39, 0.29) is 24.3 Å². The van der Waals surface area contributed by atoms with Gasteiger partial charge in [0, 0.05) is 28.1 Å². The summed E-state index contributed by atoms with van der Waals surface area (Å²) in [7, 11) is 0. The molecule has 5 N–H and O–H groups in total. The maximum absolute atomic E-state index is 11.6. The number of carbonyl (C=O) groups is 1. The Balaban J connectivity index is 1.48. The minimum Gasteiger partial charge on any atom is -0.489 e. The molecule has 0 aliphatic carbocycles. The first kappa shape index (κ1) is 22.8. The molecule has 0 radical (unpaired) electrons. The smallest absolute Gasteiger partial charge is 0.303 e. The number of rotatable bonds is 8. The minimum absolute atomic E-state index is 0.0361. The van der Waals surface area contributed by atoms with Gasteiger partial charge in [-0.15, -0.1) is 11.3 Å². The van der Waals surface area contributed by atoms with Crippen molar-refractivity contribution in [2.45, 2.75) is 38.2 Å². The van der Waals surface area contributed by atoms with Gasteiger partial charge in [0.25, 0.3) is 0 Å². The van der Waals surface area contributed by atoms with Crippen molar-refractivity contribution in [3.63, 3.8) is 0 Å². The van der Waals surface area contributed by atoms with Gasteiger partial charge in [-0.3, -0.25) is 15.6 Å². The van der Waals surface area contributed by atoms with Crippen molar-refractivity contribution in [3.8, 4) is 5.75 Å². The number of carboxylic acids is 1. The molecule has 0 amide bonds. The molecule has 4 rings (SSSR count). The lowest BCUT2D eigenvalue weighted by molar-refractivity contribution is -0.137. The van der Waals surface area contributed by atoms with E-state index in [9.17, 15) is 9.90 Å². The summed E-state index contributed by atoms with van der Waals surface area (Å²) in [6, 6.07) is 15.5. The van der Waals surface area contributed by atoms with Crippen LogP contribution in [0, 0.1) is 10.8 Å². The number of aliphatic carboxylic acids is 1. The molecular weight excluding hydrogens is 436 g/mol. The molecule has 3 aromatic rings. The number of fused-ring (bicyclic) bond motifs is 1. The van der Waals surface area contributed by atoms with Gasteiger partial charge in [-0.1, -0.05) is 12.1 Å². The molecular formula is C25H28N4O3S. The number of thiophene rings is 1. The Morgan fingerprint density at radius 3 is 2.64 bits per heavy atom. The monoisotopic (exact) mass is 464 g/mol. The topological polar surface area (TPSA) is 123 Å². The van der Waals surface area contributed by atoms with Crippen LogP contribution in [0.5, 0.6) is 5.75 Å². The molecule has 2 heterocycles. The largest absolute Gasteiger partial charge is 0.489 e. The predicted octanol–water partition coefficient (Wildman–Crippen LogP) is 4.44. The molecule has 7 nitrogen and oxygen atoms in total. The van der Waals surface area contributed by atoms with Crippen LogP contribution in [-0.2, 0) is 11.2 Å². The molecule has 0 saturated carbocycles. The van der Waals surface area contributed by atoms with Crippen LogP contribution in [0.25, 0.3) is 10.1 Å². The Morgan fingerprint density at radius 2 is 2.00 bits per heavy atom. The summed E-state index contributed by atoms with van der Waals surface area (Å²) in [6.45, 7) is 3.34. The van der Waals surface area contributed by atoms with Gasteiger partial charge in [-0.2, -0.15) is 0 Å². The lowest BCUT2D eigenvalue weighted by Crippen LogP contribution is -2.28. The van der Waals surface area contributed by atoms with Gasteiger partial charge in [-0.05, 0) is 66.6 Å². The van der Waals surface area contributed by atoms with Crippen molar-refractivity contribution in [3.05, 3.63) is 64.5 Å². The first-order valence-corrected chi connectivity index (χ1v) is 11.8. The first-order chi connectivity index (χ1) is 15.8. The molecule has 1 aliphatic rings. The Bertz CT molecular complexity index is 1190. The number of amidine groups is 2. The third kappa shape index (κ3) is 5.51. The number of likely N-dealkylation sites (tertiary alicyclic amines) is 1. The molecule has 1 aromatic heterocycles. The average Bonchev–Trinajstić information content (AvgIpc) is 3.39. The number of nitrogens with two attached hydrogens (primary N) is 1. The standard InChI is InChI=1S/C25H28N4O3S/c1-15(26)29-9-8-21(14-29)32-20-5-2-16(3-6-20)18(13-24(30)31)11-22-12-19-10-17(25(27)28)4-7-23(19)33-22/h2-7,10,12,18,21,26H,8-9,11,13-14H2,1H3,(H3,27,28)(H,30,31)/t18?,21-/m0/s1. The molecule has 1 fully saturated rings. The van der Waals surface area contributed by atoms with Gasteiger partial charge in [0.05, 0.1) is 18.8 Å². The van der Waals surface area contributed by atoms with Gasteiger partial charge < -0.3 is 20.5 Å².